The number of rotatable bonds is 3. The molecule has 1 N–H and O–H groups in total. The molecule has 2 aromatic heterocycles. The van der Waals surface area contributed by atoms with Crippen LogP contribution in [-0.2, 0) is 13.6 Å². The molecule has 1 aliphatic carbocycles. The molecular weight excluding hydrogens is 236 g/mol. The van der Waals surface area contributed by atoms with Gasteiger partial charge in [0, 0.05) is 31.1 Å². The minimum Gasteiger partial charge on any atom is -0.335 e. The molecule has 0 saturated heterocycles. The van der Waals surface area contributed by atoms with Crippen LogP contribution in [0.3, 0.4) is 0 Å². The van der Waals surface area contributed by atoms with E-state index in [0.717, 1.165) is 23.7 Å². The second-order valence-electron chi connectivity index (χ2n) is 5.64. The van der Waals surface area contributed by atoms with Gasteiger partial charge in [-0.05, 0) is 32.4 Å². The lowest BCUT2D eigenvalue weighted by Gasteiger charge is -2.10. The number of nitrogens with one attached hydrogen (secondary N) is 1. The summed E-state index contributed by atoms with van der Waals surface area (Å²) in [5.41, 5.74) is 3.49. The van der Waals surface area contributed by atoms with Gasteiger partial charge in [-0.3, -0.25) is 0 Å². The highest BCUT2D eigenvalue weighted by atomic mass is 15.0. The Bertz CT molecular complexity index is 594. The molecule has 3 rings (SSSR count). The minimum absolute atomic E-state index is 0.575. The SMILES string of the molecule is CNCc1cn(C)c2nc(C3CCCC3)nc(C)c12. The van der Waals surface area contributed by atoms with Gasteiger partial charge in [0.15, 0.2) is 0 Å². The Morgan fingerprint density at radius 3 is 2.74 bits per heavy atom. The molecule has 19 heavy (non-hydrogen) atoms. The molecule has 0 atom stereocenters. The second-order valence-corrected chi connectivity index (χ2v) is 5.64. The van der Waals surface area contributed by atoms with Crippen LogP contribution in [0.15, 0.2) is 6.20 Å². The van der Waals surface area contributed by atoms with Crippen molar-refractivity contribution < 1.29 is 0 Å². The van der Waals surface area contributed by atoms with E-state index < -0.39 is 0 Å². The molecular formula is C15H22N4. The van der Waals surface area contributed by atoms with Crippen LogP contribution >= 0.6 is 0 Å². The van der Waals surface area contributed by atoms with Crippen molar-refractivity contribution in [3.63, 3.8) is 0 Å². The molecule has 0 spiro atoms. The normalized spacial score (nSPS) is 16.6. The summed E-state index contributed by atoms with van der Waals surface area (Å²) in [5, 5.41) is 4.44. The standard InChI is InChI=1S/C15H22N4/c1-10-13-12(8-16-2)9-19(3)15(13)18-14(17-10)11-6-4-5-7-11/h9,11,16H,4-8H2,1-3H3. The number of fused-ring (bicyclic) bond motifs is 1. The highest BCUT2D eigenvalue weighted by Gasteiger charge is 2.22. The van der Waals surface area contributed by atoms with Crippen LogP contribution in [0.2, 0.25) is 0 Å². The number of aryl methyl sites for hydroxylation is 2. The third-order valence-electron chi connectivity index (χ3n) is 4.18. The number of hydrogen-bond donors (Lipinski definition) is 1. The number of aromatic nitrogens is 3. The largest absolute Gasteiger partial charge is 0.335 e. The third kappa shape index (κ3) is 2.14. The van der Waals surface area contributed by atoms with E-state index in [0.29, 0.717) is 5.92 Å². The molecule has 0 amide bonds. The van der Waals surface area contributed by atoms with Crippen molar-refractivity contribution in [2.24, 2.45) is 7.05 Å². The highest BCUT2D eigenvalue weighted by Crippen LogP contribution is 2.33. The Labute approximate surface area is 114 Å². The average molecular weight is 258 g/mol. The van der Waals surface area contributed by atoms with Crippen LogP contribution in [-0.4, -0.2) is 21.6 Å². The molecule has 1 fully saturated rings. The Balaban J connectivity index is 2.12. The first-order valence-corrected chi connectivity index (χ1v) is 7.17. The van der Waals surface area contributed by atoms with Crippen molar-refractivity contribution in [3.05, 3.63) is 23.3 Å². The fraction of sp³-hybridized carbons (Fsp3) is 0.600. The maximum atomic E-state index is 4.84. The van der Waals surface area contributed by atoms with E-state index in [2.05, 4.69) is 30.1 Å². The predicted molar refractivity (Wildman–Crippen MR) is 77.2 cm³/mol. The van der Waals surface area contributed by atoms with E-state index in [1.807, 2.05) is 7.05 Å². The van der Waals surface area contributed by atoms with Crippen molar-refractivity contribution in [1.29, 1.82) is 0 Å². The Hall–Kier alpha value is -1.42. The lowest BCUT2D eigenvalue weighted by Crippen LogP contribution is -2.06. The van der Waals surface area contributed by atoms with Gasteiger partial charge in [-0.1, -0.05) is 12.8 Å². The highest BCUT2D eigenvalue weighted by molar-refractivity contribution is 5.82. The van der Waals surface area contributed by atoms with Gasteiger partial charge in [0.2, 0.25) is 0 Å². The van der Waals surface area contributed by atoms with Gasteiger partial charge < -0.3 is 9.88 Å². The van der Waals surface area contributed by atoms with Gasteiger partial charge in [0.1, 0.15) is 11.5 Å². The quantitative estimate of drug-likeness (QED) is 0.920. The van der Waals surface area contributed by atoms with Gasteiger partial charge in [-0.2, -0.15) is 0 Å². The van der Waals surface area contributed by atoms with Crippen LogP contribution in [0.5, 0.6) is 0 Å². The molecule has 1 aliphatic rings. The van der Waals surface area contributed by atoms with Crippen molar-refractivity contribution in [2.75, 3.05) is 7.05 Å². The Morgan fingerprint density at radius 1 is 1.32 bits per heavy atom. The van der Waals surface area contributed by atoms with E-state index in [1.54, 1.807) is 0 Å². The molecule has 4 heteroatoms. The van der Waals surface area contributed by atoms with Crippen LogP contribution in [0.1, 0.15) is 48.7 Å². The topological polar surface area (TPSA) is 42.7 Å². The maximum absolute atomic E-state index is 4.84. The van der Waals surface area contributed by atoms with Crippen LogP contribution in [0.4, 0.5) is 0 Å². The van der Waals surface area contributed by atoms with Crippen molar-refractivity contribution in [3.8, 4) is 0 Å². The first-order chi connectivity index (χ1) is 9.20. The second kappa shape index (κ2) is 4.93. The molecule has 0 aliphatic heterocycles. The van der Waals surface area contributed by atoms with E-state index in [4.69, 9.17) is 9.97 Å². The van der Waals surface area contributed by atoms with Crippen molar-refractivity contribution in [1.82, 2.24) is 19.9 Å². The van der Waals surface area contributed by atoms with Crippen LogP contribution < -0.4 is 5.32 Å². The summed E-state index contributed by atoms with van der Waals surface area (Å²) >= 11 is 0. The summed E-state index contributed by atoms with van der Waals surface area (Å²) in [6.45, 7) is 2.98. The number of hydrogen-bond acceptors (Lipinski definition) is 3. The first kappa shape index (κ1) is 12.6. The van der Waals surface area contributed by atoms with Crippen molar-refractivity contribution >= 4 is 11.0 Å². The zero-order chi connectivity index (χ0) is 13.4. The third-order valence-corrected chi connectivity index (χ3v) is 4.18. The fourth-order valence-electron chi connectivity index (χ4n) is 3.26. The van der Waals surface area contributed by atoms with Gasteiger partial charge in [-0.15, -0.1) is 0 Å². The predicted octanol–water partition coefficient (Wildman–Crippen LogP) is 2.65. The van der Waals surface area contributed by atoms with Gasteiger partial charge in [0.05, 0.1) is 5.69 Å². The molecule has 0 aromatic carbocycles. The summed E-state index contributed by atoms with van der Waals surface area (Å²) in [5.74, 6) is 1.63. The zero-order valence-electron chi connectivity index (χ0n) is 12.0. The van der Waals surface area contributed by atoms with Crippen LogP contribution in [0.25, 0.3) is 11.0 Å². The summed E-state index contributed by atoms with van der Waals surface area (Å²) in [4.78, 5) is 9.63. The van der Waals surface area contributed by atoms with Gasteiger partial charge in [-0.25, -0.2) is 9.97 Å². The summed E-state index contributed by atoms with van der Waals surface area (Å²) < 4.78 is 2.13. The smallest absolute Gasteiger partial charge is 0.143 e. The zero-order valence-corrected chi connectivity index (χ0v) is 12.0. The summed E-state index contributed by atoms with van der Waals surface area (Å²) in [6, 6.07) is 0. The Morgan fingerprint density at radius 2 is 2.05 bits per heavy atom. The average Bonchev–Trinajstić information content (AvgIpc) is 2.99. The van der Waals surface area contributed by atoms with Gasteiger partial charge >= 0.3 is 0 Å². The molecule has 0 radical (unpaired) electrons. The first-order valence-electron chi connectivity index (χ1n) is 7.17. The molecule has 2 heterocycles. The lowest BCUT2D eigenvalue weighted by atomic mass is 10.1. The molecule has 102 valence electrons. The van der Waals surface area contributed by atoms with E-state index in [9.17, 15) is 0 Å². The van der Waals surface area contributed by atoms with Gasteiger partial charge in [0.25, 0.3) is 0 Å². The lowest BCUT2D eigenvalue weighted by molar-refractivity contribution is 0.666. The number of nitrogens with zero attached hydrogens (tertiary/aromatic N) is 3. The maximum Gasteiger partial charge on any atom is 0.143 e. The molecule has 0 bridgehead atoms. The minimum atomic E-state index is 0.575. The van der Waals surface area contributed by atoms with E-state index >= 15 is 0 Å². The molecule has 0 unspecified atom stereocenters. The van der Waals surface area contributed by atoms with Crippen LogP contribution in [0, 0.1) is 6.92 Å². The van der Waals surface area contributed by atoms with E-state index in [-0.39, 0.29) is 0 Å². The summed E-state index contributed by atoms with van der Waals surface area (Å²) in [7, 11) is 4.05. The summed E-state index contributed by atoms with van der Waals surface area (Å²) in [6.07, 6.45) is 7.31. The fourth-order valence-corrected chi connectivity index (χ4v) is 3.26. The Kier molecular flexibility index (Phi) is 3.27. The monoisotopic (exact) mass is 258 g/mol. The van der Waals surface area contributed by atoms with E-state index in [1.165, 1.54) is 36.6 Å². The molecule has 2 aromatic rings. The van der Waals surface area contributed by atoms with Crippen molar-refractivity contribution in [2.45, 2.75) is 45.1 Å². The molecule has 4 nitrogen and oxygen atoms in total. The molecule has 1 saturated carbocycles.